The molecule has 7 nitrogen and oxygen atoms in total. The van der Waals surface area contributed by atoms with Crippen LogP contribution in [0.25, 0.3) is 17.4 Å². The number of hydrogen-bond donors (Lipinski definition) is 1. The molecule has 1 unspecified atom stereocenters. The molecule has 30 heavy (non-hydrogen) atoms. The van der Waals surface area contributed by atoms with E-state index in [0.29, 0.717) is 18.1 Å². The van der Waals surface area contributed by atoms with E-state index in [-0.39, 0.29) is 11.6 Å². The van der Waals surface area contributed by atoms with E-state index in [1.54, 1.807) is 37.6 Å². The normalized spacial score (nSPS) is 12.4. The molecular formula is C23H24N4O3. The van der Waals surface area contributed by atoms with Crippen molar-refractivity contribution in [2.24, 2.45) is 0 Å². The van der Waals surface area contributed by atoms with Gasteiger partial charge >= 0.3 is 0 Å². The van der Waals surface area contributed by atoms with Gasteiger partial charge in [0.25, 0.3) is 5.91 Å². The van der Waals surface area contributed by atoms with Gasteiger partial charge in [0, 0.05) is 29.7 Å². The van der Waals surface area contributed by atoms with Crippen LogP contribution in [-0.2, 0) is 9.53 Å². The van der Waals surface area contributed by atoms with E-state index >= 15 is 0 Å². The van der Waals surface area contributed by atoms with Crippen LogP contribution < -0.4 is 5.32 Å². The number of ether oxygens (including phenoxy) is 1. The molecule has 1 aromatic carbocycles. The number of anilines is 1. The Morgan fingerprint density at radius 1 is 1.40 bits per heavy atom. The molecule has 0 saturated heterocycles. The Balaban J connectivity index is 1.84. The summed E-state index contributed by atoms with van der Waals surface area (Å²) in [6.07, 6.45) is 4.57. The molecule has 0 aliphatic heterocycles. The average Bonchev–Trinajstić information content (AvgIpc) is 3.35. The largest absolute Gasteiger partial charge is 0.444 e. The second-order valence-electron chi connectivity index (χ2n) is 7.07. The van der Waals surface area contributed by atoms with Crippen molar-refractivity contribution in [2.45, 2.75) is 26.8 Å². The molecule has 0 spiro atoms. The summed E-state index contributed by atoms with van der Waals surface area (Å²) in [5.74, 6) is 0.127. The lowest BCUT2D eigenvalue weighted by Crippen LogP contribution is -2.14. The fraction of sp³-hybridized carbons (Fsp3) is 0.261. The molecule has 0 aliphatic rings. The topological polar surface area (TPSA) is 93.1 Å². The molecule has 0 fully saturated rings. The number of methoxy groups -OCH3 is 1. The number of carbonyl (C=O) groups is 1. The minimum absolute atomic E-state index is 0.0275. The van der Waals surface area contributed by atoms with Gasteiger partial charge in [0.05, 0.1) is 18.8 Å². The highest BCUT2D eigenvalue weighted by Gasteiger charge is 2.16. The van der Waals surface area contributed by atoms with Crippen LogP contribution in [0.5, 0.6) is 0 Å². The van der Waals surface area contributed by atoms with Crippen LogP contribution in [-0.4, -0.2) is 29.2 Å². The van der Waals surface area contributed by atoms with Crippen LogP contribution in [0.1, 0.15) is 29.9 Å². The molecule has 2 heterocycles. The van der Waals surface area contributed by atoms with Gasteiger partial charge < -0.3 is 19.0 Å². The Hall–Kier alpha value is -3.63. The van der Waals surface area contributed by atoms with Gasteiger partial charge in [0.1, 0.15) is 11.6 Å². The molecule has 2 aromatic heterocycles. The van der Waals surface area contributed by atoms with Crippen molar-refractivity contribution in [3.63, 3.8) is 0 Å². The molecule has 1 N–H and O–H groups in total. The Morgan fingerprint density at radius 2 is 2.20 bits per heavy atom. The first-order chi connectivity index (χ1) is 14.4. The maximum atomic E-state index is 12.7. The number of benzene rings is 1. The molecule has 0 radical (unpaired) electrons. The number of aryl methyl sites for hydroxylation is 1. The molecule has 1 amide bonds. The number of hydrogen-bond acceptors (Lipinski definition) is 5. The van der Waals surface area contributed by atoms with Gasteiger partial charge in [-0.1, -0.05) is 12.1 Å². The second kappa shape index (κ2) is 9.25. The molecule has 154 valence electrons. The predicted octanol–water partition coefficient (Wildman–Crippen LogP) is 4.51. The summed E-state index contributed by atoms with van der Waals surface area (Å²) >= 11 is 0. The van der Waals surface area contributed by atoms with E-state index in [0.717, 1.165) is 22.5 Å². The van der Waals surface area contributed by atoms with Crippen LogP contribution in [0.2, 0.25) is 0 Å². The van der Waals surface area contributed by atoms with Gasteiger partial charge in [-0.15, -0.1) is 0 Å². The van der Waals surface area contributed by atoms with Gasteiger partial charge in [-0.05, 0) is 50.6 Å². The molecular weight excluding hydrogens is 380 g/mol. The second-order valence-corrected chi connectivity index (χ2v) is 7.07. The maximum absolute atomic E-state index is 12.7. The van der Waals surface area contributed by atoms with E-state index < -0.39 is 5.91 Å². The fourth-order valence-corrected chi connectivity index (χ4v) is 3.55. The molecule has 3 aromatic rings. The smallest absolute Gasteiger partial charge is 0.266 e. The van der Waals surface area contributed by atoms with Crippen molar-refractivity contribution >= 4 is 17.7 Å². The molecule has 1 atom stereocenters. The van der Waals surface area contributed by atoms with Crippen LogP contribution in [0.15, 0.2) is 52.9 Å². The summed E-state index contributed by atoms with van der Waals surface area (Å²) in [6, 6.07) is 11.3. The van der Waals surface area contributed by atoms with Gasteiger partial charge in [-0.25, -0.2) is 4.98 Å². The highest BCUT2D eigenvalue weighted by Crippen LogP contribution is 2.24. The number of aromatic nitrogens is 2. The summed E-state index contributed by atoms with van der Waals surface area (Å²) in [7, 11) is 1.67. The lowest BCUT2D eigenvalue weighted by atomic mass is 10.1. The molecule has 0 aliphatic carbocycles. The minimum atomic E-state index is -0.470. The van der Waals surface area contributed by atoms with Crippen molar-refractivity contribution < 1.29 is 13.9 Å². The monoisotopic (exact) mass is 404 g/mol. The van der Waals surface area contributed by atoms with Crippen molar-refractivity contribution in [2.75, 3.05) is 19.0 Å². The average molecular weight is 404 g/mol. The van der Waals surface area contributed by atoms with E-state index in [9.17, 15) is 10.1 Å². The van der Waals surface area contributed by atoms with E-state index in [1.807, 2.05) is 32.0 Å². The third-order valence-corrected chi connectivity index (χ3v) is 4.87. The lowest BCUT2D eigenvalue weighted by molar-refractivity contribution is -0.112. The van der Waals surface area contributed by atoms with Crippen molar-refractivity contribution in [1.82, 2.24) is 9.55 Å². The Labute approximate surface area is 175 Å². The van der Waals surface area contributed by atoms with Crippen LogP contribution >= 0.6 is 0 Å². The first-order valence-electron chi connectivity index (χ1n) is 9.54. The molecule has 3 rings (SSSR count). The molecule has 0 bridgehead atoms. The van der Waals surface area contributed by atoms with Gasteiger partial charge in [0.15, 0.2) is 12.2 Å². The van der Waals surface area contributed by atoms with E-state index in [2.05, 4.69) is 21.8 Å². The minimum Gasteiger partial charge on any atom is -0.444 e. The number of nitrogens with one attached hydrogen (secondary N) is 1. The Bertz CT molecular complexity index is 1100. The van der Waals surface area contributed by atoms with Crippen molar-refractivity contribution in [3.8, 4) is 17.4 Å². The van der Waals surface area contributed by atoms with E-state index in [1.165, 1.54) is 6.39 Å². The summed E-state index contributed by atoms with van der Waals surface area (Å²) in [5, 5.41) is 12.4. The standard InChI is InChI=1S/C23H24N4O3/c1-15-8-19(17(3)27(15)16(2)13-29-4)9-20(11-24)23(28)26-21-7-5-6-18(10-21)22-12-25-14-30-22/h5-10,12,14,16H,13H2,1-4H3,(H,26,28)/b20-9-. The van der Waals surface area contributed by atoms with Crippen molar-refractivity contribution in [3.05, 3.63) is 65.4 Å². The first-order valence-corrected chi connectivity index (χ1v) is 9.54. The SMILES string of the molecule is COCC(C)n1c(C)cc(/C=C(/C#N)C(=O)Nc2cccc(-c3cnco3)c2)c1C. The highest BCUT2D eigenvalue weighted by molar-refractivity contribution is 6.09. The van der Waals surface area contributed by atoms with Gasteiger partial charge in [-0.2, -0.15) is 5.26 Å². The fourth-order valence-electron chi connectivity index (χ4n) is 3.55. The number of nitrogens with zero attached hydrogens (tertiary/aromatic N) is 3. The first kappa shape index (κ1) is 21.1. The number of nitriles is 1. The quantitative estimate of drug-likeness (QED) is 0.462. The predicted molar refractivity (Wildman–Crippen MR) is 115 cm³/mol. The number of amides is 1. The van der Waals surface area contributed by atoms with Gasteiger partial charge in [-0.3, -0.25) is 4.79 Å². The van der Waals surface area contributed by atoms with Gasteiger partial charge in [0.2, 0.25) is 0 Å². The summed E-state index contributed by atoms with van der Waals surface area (Å²) in [5.41, 5.74) is 4.22. The third-order valence-electron chi connectivity index (χ3n) is 4.87. The zero-order valence-electron chi connectivity index (χ0n) is 17.5. The van der Waals surface area contributed by atoms with Crippen LogP contribution in [0, 0.1) is 25.2 Å². The Kier molecular flexibility index (Phi) is 6.50. The number of rotatable bonds is 7. The highest BCUT2D eigenvalue weighted by atomic mass is 16.5. The lowest BCUT2D eigenvalue weighted by Gasteiger charge is -2.17. The van der Waals surface area contributed by atoms with Crippen LogP contribution in [0.3, 0.4) is 0 Å². The van der Waals surface area contributed by atoms with Crippen LogP contribution in [0.4, 0.5) is 5.69 Å². The molecule has 0 saturated carbocycles. The summed E-state index contributed by atoms with van der Waals surface area (Å²) < 4.78 is 12.7. The number of carbonyl (C=O) groups excluding carboxylic acids is 1. The number of oxazole rings is 1. The van der Waals surface area contributed by atoms with E-state index in [4.69, 9.17) is 9.15 Å². The summed E-state index contributed by atoms with van der Waals surface area (Å²) in [4.78, 5) is 16.6. The summed E-state index contributed by atoms with van der Waals surface area (Å²) in [6.45, 7) is 6.61. The zero-order chi connectivity index (χ0) is 21.7. The maximum Gasteiger partial charge on any atom is 0.266 e. The third kappa shape index (κ3) is 4.50. The van der Waals surface area contributed by atoms with Crippen molar-refractivity contribution in [1.29, 1.82) is 5.26 Å². The Morgan fingerprint density at radius 3 is 2.87 bits per heavy atom. The zero-order valence-corrected chi connectivity index (χ0v) is 17.5. The molecule has 7 heteroatoms.